The number of aromatic nitrogens is 2. The fourth-order valence-electron chi connectivity index (χ4n) is 1.80. The van der Waals surface area contributed by atoms with Gasteiger partial charge in [-0.3, -0.25) is 0 Å². The molecular weight excluding hydrogens is 228 g/mol. The van der Waals surface area contributed by atoms with Crippen LogP contribution in [0.3, 0.4) is 0 Å². The van der Waals surface area contributed by atoms with Gasteiger partial charge in [0.05, 0.1) is 11.0 Å². The van der Waals surface area contributed by atoms with Crippen molar-refractivity contribution < 1.29 is 0 Å². The Morgan fingerprint density at radius 1 is 1.22 bits per heavy atom. The van der Waals surface area contributed by atoms with Crippen molar-refractivity contribution in [1.29, 1.82) is 0 Å². The highest BCUT2D eigenvalue weighted by atomic mass is 16.1. The van der Waals surface area contributed by atoms with E-state index < -0.39 is 0 Å². The lowest BCUT2D eigenvalue weighted by molar-refractivity contribution is 0.393. The molecule has 0 atom stereocenters. The van der Waals surface area contributed by atoms with E-state index in [4.69, 9.17) is 0 Å². The minimum Gasteiger partial charge on any atom is -0.314 e. The first kappa shape index (κ1) is 12.9. The van der Waals surface area contributed by atoms with Crippen LogP contribution in [-0.4, -0.2) is 29.1 Å². The summed E-state index contributed by atoms with van der Waals surface area (Å²) in [6.07, 6.45) is 0. The first-order valence-electron chi connectivity index (χ1n) is 6.11. The third-order valence-electron chi connectivity index (χ3n) is 3.15. The summed E-state index contributed by atoms with van der Waals surface area (Å²) < 4.78 is 0. The van der Waals surface area contributed by atoms with E-state index >= 15 is 0 Å². The lowest BCUT2D eigenvalue weighted by Gasteiger charge is -2.24. The molecule has 0 aliphatic heterocycles. The monoisotopic (exact) mass is 248 g/mol. The zero-order valence-corrected chi connectivity index (χ0v) is 11.1. The summed E-state index contributed by atoms with van der Waals surface area (Å²) in [5.41, 5.74) is 2.77. The second-order valence-corrected chi connectivity index (χ2v) is 5.20. The van der Waals surface area contributed by atoms with Gasteiger partial charge in [0.15, 0.2) is 0 Å². The van der Waals surface area contributed by atoms with Crippen molar-refractivity contribution in [2.24, 2.45) is 0 Å². The van der Waals surface area contributed by atoms with Crippen molar-refractivity contribution in [2.75, 3.05) is 13.6 Å². The first-order chi connectivity index (χ1) is 8.50. The maximum absolute atomic E-state index is 11.1. The highest BCUT2D eigenvalue weighted by Gasteiger charge is 2.13. The average molecular weight is 248 g/mol. The zero-order chi connectivity index (χ0) is 13.2. The number of likely N-dealkylation sites (N-methyl/N-ethyl adjacent to an activating group) is 1. The zero-order valence-electron chi connectivity index (χ0n) is 11.1. The molecule has 1 aromatic heterocycles. The lowest BCUT2D eigenvalue weighted by atomic mass is 10.1. The Morgan fingerprint density at radius 3 is 2.67 bits per heavy atom. The Morgan fingerprint density at radius 2 is 1.94 bits per heavy atom. The van der Waals surface area contributed by atoms with Crippen molar-refractivity contribution in [3.63, 3.8) is 0 Å². The van der Waals surface area contributed by atoms with Crippen LogP contribution in [0.2, 0.25) is 0 Å². The number of imidazole rings is 1. The second kappa shape index (κ2) is 4.96. The quantitative estimate of drug-likeness (QED) is 0.636. The number of rotatable bonds is 5. The van der Waals surface area contributed by atoms with Crippen molar-refractivity contribution >= 4 is 11.0 Å². The summed E-state index contributed by atoms with van der Waals surface area (Å²) in [6.45, 7) is 5.96. The molecule has 0 aliphatic carbocycles. The molecule has 0 unspecified atom stereocenters. The average Bonchev–Trinajstić information content (AvgIpc) is 2.68. The molecule has 5 nitrogen and oxygen atoms in total. The van der Waals surface area contributed by atoms with Crippen LogP contribution >= 0.6 is 0 Å². The molecule has 18 heavy (non-hydrogen) atoms. The topological polar surface area (TPSA) is 72.7 Å². The van der Waals surface area contributed by atoms with Crippen LogP contribution in [-0.2, 0) is 6.54 Å². The third kappa shape index (κ3) is 3.00. The van der Waals surface area contributed by atoms with Crippen molar-refractivity contribution in [3.8, 4) is 0 Å². The lowest BCUT2D eigenvalue weighted by Crippen LogP contribution is -2.45. The maximum atomic E-state index is 11.1. The van der Waals surface area contributed by atoms with Gasteiger partial charge < -0.3 is 20.6 Å². The van der Waals surface area contributed by atoms with Gasteiger partial charge in [0.2, 0.25) is 0 Å². The number of H-pyrrole nitrogens is 2. The van der Waals surface area contributed by atoms with Gasteiger partial charge in [-0.25, -0.2) is 4.79 Å². The number of nitrogens with one attached hydrogen (secondary N) is 4. The first-order valence-corrected chi connectivity index (χ1v) is 6.11. The second-order valence-electron chi connectivity index (χ2n) is 5.20. The smallest absolute Gasteiger partial charge is 0.314 e. The Balaban J connectivity index is 2.01. The molecule has 4 N–H and O–H groups in total. The number of aromatic amines is 2. The van der Waals surface area contributed by atoms with Gasteiger partial charge in [0, 0.05) is 18.6 Å². The number of hydrogen-bond acceptors (Lipinski definition) is 3. The highest BCUT2D eigenvalue weighted by molar-refractivity contribution is 5.74. The molecule has 98 valence electrons. The van der Waals surface area contributed by atoms with E-state index in [-0.39, 0.29) is 11.2 Å². The van der Waals surface area contributed by atoms with Gasteiger partial charge in [-0.1, -0.05) is 6.07 Å². The molecule has 0 saturated heterocycles. The summed E-state index contributed by atoms with van der Waals surface area (Å²) in [4.78, 5) is 16.6. The molecule has 2 aromatic rings. The number of hydrogen-bond donors (Lipinski definition) is 4. The van der Waals surface area contributed by atoms with E-state index in [0.717, 1.165) is 29.7 Å². The van der Waals surface area contributed by atoms with Gasteiger partial charge >= 0.3 is 5.69 Å². The molecular formula is C13H20N4O. The van der Waals surface area contributed by atoms with Crippen LogP contribution in [0.5, 0.6) is 0 Å². The normalized spacial score (nSPS) is 12.2. The highest BCUT2D eigenvalue weighted by Crippen LogP contribution is 2.10. The van der Waals surface area contributed by atoms with Crippen molar-refractivity contribution in [2.45, 2.75) is 25.9 Å². The molecule has 0 aliphatic rings. The third-order valence-corrected chi connectivity index (χ3v) is 3.15. The van der Waals surface area contributed by atoms with Crippen molar-refractivity contribution in [1.82, 2.24) is 20.6 Å². The van der Waals surface area contributed by atoms with E-state index in [0.29, 0.717) is 0 Å². The van der Waals surface area contributed by atoms with E-state index in [2.05, 4.69) is 34.4 Å². The molecule has 0 amide bonds. The Labute approximate surface area is 106 Å². The molecule has 0 bridgehead atoms. The summed E-state index contributed by atoms with van der Waals surface area (Å²) in [5.74, 6) is 0. The Bertz CT molecular complexity index is 582. The van der Waals surface area contributed by atoms with Crippen LogP contribution in [0.1, 0.15) is 19.4 Å². The van der Waals surface area contributed by atoms with Gasteiger partial charge in [-0.2, -0.15) is 0 Å². The van der Waals surface area contributed by atoms with Crippen LogP contribution in [0, 0.1) is 0 Å². The molecule has 0 fully saturated rings. The molecule has 0 saturated carbocycles. The van der Waals surface area contributed by atoms with Crippen LogP contribution < -0.4 is 16.3 Å². The summed E-state index contributed by atoms with van der Waals surface area (Å²) >= 11 is 0. The fraction of sp³-hybridized carbons (Fsp3) is 0.462. The Kier molecular flexibility index (Phi) is 3.54. The molecule has 1 aromatic carbocycles. The van der Waals surface area contributed by atoms with E-state index in [1.54, 1.807) is 0 Å². The van der Waals surface area contributed by atoms with Crippen LogP contribution in [0.4, 0.5) is 0 Å². The molecule has 5 heteroatoms. The summed E-state index contributed by atoms with van der Waals surface area (Å²) in [7, 11) is 1.96. The molecule has 0 radical (unpaired) electrons. The minimum atomic E-state index is -0.161. The van der Waals surface area contributed by atoms with Crippen LogP contribution in [0.25, 0.3) is 11.0 Å². The SMILES string of the molecule is CNC(C)(C)CNCc1ccc2[nH]c(=O)[nH]c2c1. The molecule has 1 heterocycles. The predicted molar refractivity (Wildman–Crippen MR) is 73.8 cm³/mol. The predicted octanol–water partition coefficient (Wildman–Crippen LogP) is 0.944. The minimum absolute atomic E-state index is 0.0759. The van der Waals surface area contributed by atoms with Gasteiger partial charge in [0.25, 0.3) is 0 Å². The van der Waals surface area contributed by atoms with Gasteiger partial charge in [-0.05, 0) is 38.6 Å². The van der Waals surface area contributed by atoms with Crippen molar-refractivity contribution in [3.05, 3.63) is 34.2 Å². The van der Waals surface area contributed by atoms with Gasteiger partial charge in [0.1, 0.15) is 0 Å². The van der Waals surface area contributed by atoms with E-state index in [1.807, 2.05) is 25.2 Å². The standard InChI is InChI=1S/C13H20N4O/c1-13(2,14-3)8-15-7-9-4-5-10-11(6-9)17-12(18)16-10/h4-6,14-15H,7-8H2,1-3H3,(H2,16,17,18). The van der Waals surface area contributed by atoms with E-state index in [1.165, 1.54) is 0 Å². The largest absolute Gasteiger partial charge is 0.323 e. The fourth-order valence-corrected chi connectivity index (χ4v) is 1.80. The Hall–Kier alpha value is -1.59. The molecule has 2 rings (SSSR count). The van der Waals surface area contributed by atoms with Gasteiger partial charge in [-0.15, -0.1) is 0 Å². The number of fused-ring (bicyclic) bond motifs is 1. The van der Waals surface area contributed by atoms with E-state index in [9.17, 15) is 4.79 Å². The number of benzene rings is 1. The maximum Gasteiger partial charge on any atom is 0.323 e. The van der Waals surface area contributed by atoms with Crippen LogP contribution in [0.15, 0.2) is 23.0 Å². The summed E-state index contributed by atoms with van der Waals surface area (Å²) in [5, 5.41) is 6.65. The molecule has 0 spiro atoms. The summed E-state index contributed by atoms with van der Waals surface area (Å²) in [6, 6.07) is 5.94.